The van der Waals surface area contributed by atoms with E-state index in [-0.39, 0.29) is 24.4 Å². The third kappa shape index (κ3) is 8.27. The molecule has 0 radical (unpaired) electrons. The Kier molecular flexibility index (Phi) is 9.10. The first-order chi connectivity index (χ1) is 15.7. The summed E-state index contributed by atoms with van der Waals surface area (Å²) in [6.45, 7) is 5.01. The Morgan fingerprint density at radius 1 is 1.15 bits per heavy atom. The van der Waals surface area contributed by atoms with Gasteiger partial charge in [-0.05, 0) is 85.6 Å². The van der Waals surface area contributed by atoms with Crippen molar-refractivity contribution in [3.8, 4) is 5.75 Å². The lowest BCUT2D eigenvalue weighted by Gasteiger charge is -2.18. The number of ketones is 1. The molecule has 1 fully saturated rings. The van der Waals surface area contributed by atoms with Crippen LogP contribution < -0.4 is 9.88 Å². The summed E-state index contributed by atoms with van der Waals surface area (Å²) in [4.78, 5) is 12.1. The first kappa shape index (κ1) is 25.4. The highest BCUT2D eigenvalue weighted by molar-refractivity contribution is 7.89. The standard InChI is InChI=1S/C27H37NO4S/c1-3-32-27-8-4-6-24(19-27)20(2)16-22-11-14-25(17-22)23-12-9-21(10-13-23)18-26(29)7-5-15-33(28,30)31/h4,6,8-10,12-13,19-20,22,25H,3,5,7,11,14-18H2,1-2H3,(H2,28,30,31)/t20-,22+,25+/m0/s1. The molecular formula is C27H37NO4S. The first-order valence-electron chi connectivity index (χ1n) is 12.1. The number of nitrogens with two attached hydrogens (primary N) is 1. The van der Waals surface area contributed by atoms with Crippen LogP contribution in [0.25, 0.3) is 0 Å². The minimum Gasteiger partial charge on any atom is -0.494 e. The summed E-state index contributed by atoms with van der Waals surface area (Å²) in [7, 11) is -3.50. The molecule has 0 saturated heterocycles. The van der Waals surface area contributed by atoms with Crippen molar-refractivity contribution >= 4 is 15.8 Å². The molecule has 33 heavy (non-hydrogen) atoms. The SMILES string of the molecule is CCOc1cccc([C@@H](C)C[C@H]2CC[C@@H](c3ccc(CC(=O)CCCS(N)(=O)=O)cc3)C2)c1. The quantitative estimate of drug-likeness (QED) is 0.452. The first-order valence-corrected chi connectivity index (χ1v) is 13.8. The molecular weight excluding hydrogens is 434 g/mol. The van der Waals surface area contributed by atoms with Crippen LogP contribution >= 0.6 is 0 Å². The maximum atomic E-state index is 12.1. The average Bonchev–Trinajstić information content (AvgIpc) is 3.22. The molecule has 6 heteroatoms. The summed E-state index contributed by atoms with van der Waals surface area (Å²) < 4.78 is 27.6. The average molecular weight is 472 g/mol. The van der Waals surface area contributed by atoms with E-state index in [4.69, 9.17) is 9.88 Å². The van der Waals surface area contributed by atoms with Crippen molar-refractivity contribution in [2.75, 3.05) is 12.4 Å². The molecule has 0 bridgehead atoms. The number of Topliss-reactive ketones (excluding diaryl/α,β-unsaturated/α-hetero) is 1. The summed E-state index contributed by atoms with van der Waals surface area (Å²) in [5.74, 6) is 2.68. The number of benzene rings is 2. The van der Waals surface area contributed by atoms with E-state index in [0.29, 0.717) is 24.9 Å². The molecule has 0 aromatic heterocycles. The van der Waals surface area contributed by atoms with Gasteiger partial charge in [-0.25, -0.2) is 13.6 Å². The number of primary sulfonamides is 1. The van der Waals surface area contributed by atoms with Crippen molar-refractivity contribution < 1.29 is 17.9 Å². The lowest BCUT2D eigenvalue weighted by Crippen LogP contribution is -2.17. The Labute approximate surface area is 198 Å². The number of sulfonamides is 1. The zero-order valence-electron chi connectivity index (χ0n) is 19.8. The van der Waals surface area contributed by atoms with Gasteiger partial charge in [0.1, 0.15) is 11.5 Å². The lowest BCUT2D eigenvalue weighted by molar-refractivity contribution is -0.118. The molecule has 2 aromatic rings. The number of carbonyl (C=O) groups excluding carboxylic acids is 1. The van der Waals surface area contributed by atoms with E-state index in [9.17, 15) is 13.2 Å². The third-order valence-corrected chi connectivity index (χ3v) is 7.56. The fraction of sp³-hybridized carbons (Fsp3) is 0.519. The summed E-state index contributed by atoms with van der Waals surface area (Å²) in [5, 5.41) is 4.99. The number of hydrogen-bond donors (Lipinski definition) is 1. The van der Waals surface area contributed by atoms with Crippen molar-refractivity contribution in [3.05, 3.63) is 65.2 Å². The summed E-state index contributed by atoms with van der Waals surface area (Å²) in [6.07, 6.45) is 5.74. The van der Waals surface area contributed by atoms with Crippen molar-refractivity contribution in [1.29, 1.82) is 0 Å². The van der Waals surface area contributed by atoms with Crippen molar-refractivity contribution in [1.82, 2.24) is 0 Å². The van der Waals surface area contributed by atoms with E-state index in [1.54, 1.807) is 0 Å². The molecule has 1 aliphatic carbocycles. The van der Waals surface area contributed by atoms with Crippen LogP contribution in [0, 0.1) is 5.92 Å². The minimum absolute atomic E-state index is 0.0507. The fourth-order valence-electron chi connectivity index (χ4n) is 5.00. The van der Waals surface area contributed by atoms with Crippen LogP contribution in [0.15, 0.2) is 48.5 Å². The summed E-state index contributed by atoms with van der Waals surface area (Å²) >= 11 is 0. The maximum absolute atomic E-state index is 12.1. The summed E-state index contributed by atoms with van der Waals surface area (Å²) in [6, 6.07) is 16.9. The van der Waals surface area contributed by atoms with Crippen LogP contribution in [0.5, 0.6) is 5.75 Å². The van der Waals surface area contributed by atoms with Gasteiger partial charge in [0.25, 0.3) is 0 Å². The van der Waals surface area contributed by atoms with Gasteiger partial charge in [-0.1, -0.05) is 43.3 Å². The predicted molar refractivity (Wildman–Crippen MR) is 133 cm³/mol. The second-order valence-corrected chi connectivity index (χ2v) is 11.2. The van der Waals surface area contributed by atoms with Crippen LogP contribution in [0.2, 0.25) is 0 Å². The van der Waals surface area contributed by atoms with Crippen LogP contribution in [0.3, 0.4) is 0 Å². The molecule has 0 heterocycles. The Morgan fingerprint density at radius 3 is 2.61 bits per heavy atom. The van der Waals surface area contributed by atoms with E-state index < -0.39 is 10.0 Å². The number of ether oxygens (including phenoxy) is 1. The Hall–Kier alpha value is -2.18. The molecule has 0 amide bonds. The molecule has 0 unspecified atom stereocenters. The Balaban J connectivity index is 1.47. The third-order valence-electron chi connectivity index (χ3n) is 6.70. The van der Waals surface area contributed by atoms with Gasteiger partial charge < -0.3 is 4.74 Å². The van der Waals surface area contributed by atoms with Gasteiger partial charge in [0.15, 0.2) is 0 Å². The Bertz CT molecular complexity index is 1020. The van der Waals surface area contributed by atoms with Gasteiger partial charge in [0.05, 0.1) is 12.4 Å². The normalized spacial score (nSPS) is 19.4. The van der Waals surface area contributed by atoms with E-state index >= 15 is 0 Å². The molecule has 1 saturated carbocycles. The fourth-order valence-corrected chi connectivity index (χ4v) is 5.55. The molecule has 1 aliphatic rings. The number of carbonyl (C=O) groups is 1. The van der Waals surface area contributed by atoms with E-state index in [2.05, 4.69) is 37.3 Å². The largest absolute Gasteiger partial charge is 0.494 e. The second-order valence-electron chi connectivity index (χ2n) is 9.45. The van der Waals surface area contributed by atoms with Crippen LogP contribution in [-0.2, 0) is 21.2 Å². The minimum atomic E-state index is -3.50. The van der Waals surface area contributed by atoms with Gasteiger partial charge in [0.2, 0.25) is 10.0 Å². The summed E-state index contributed by atoms with van der Waals surface area (Å²) in [5.41, 5.74) is 3.69. The predicted octanol–water partition coefficient (Wildman–Crippen LogP) is 5.34. The highest BCUT2D eigenvalue weighted by Gasteiger charge is 2.27. The molecule has 3 atom stereocenters. The van der Waals surface area contributed by atoms with Crippen LogP contribution in [-0.4, -0.2) is 26.6 Å². The Morgan fingerprint density at radius 2 is 1.91 bits per heavy atom. The van der Waals surface area contributed by atoms with E-state index in [1.807, 2.05) is 25.1 Å². The van der Waals surface area contributed by atoms with Crippen molar-refractivity contribution in [3.63, 3.8) is 0 Å². The zero-order valence-corrected chi connectivity index (χ0v) is 20.6. The maximum Gasteiger partial charge on any atom is 0.209 e. The number of rotatable bonds is 12. The number of hydrogen-bond acceptors (Lipinski definition) is 4. The molecule has 0 spiro atoms. The molecule has 0 aliphatic heterocycles. The lowest BCUT2D eigenvalue weighted by atomic mass is 9.88. The highest BCUT2D eigenvalue weighted by Crippen LogP contribution is 2.42. The molecule has 2 aromatic carbocycles. The van der Waals surface area contributed by atoms with Crippen molar-refractivity contribution in [2.24, 2.45) is 11.1 Å². The van der Waals surface area contributed by atoms with Crippen LogP contribution in [0.1, 0.15) is 80.9 Å². The molecule has 180 valence electrons. The van der Waals surface area contributed by atoms with Crippen molar-refractivity contribution in [2.45, 2.75) is 70.6 Å². The molecule has 3 rings (SSSR count). The zero-order chi connectivity index (χ0) is 23.8. The smallest absolute Gasteiger partial charge is 0.209 e. The molecule has 2 N–H and O–H groups in total. The highest BCUT2D eigenvalue weighted by atomic mass is 32.2. The van der Waals surface area contributed by atoms with E-state index in [0.717, 1.165) is 17.2 Å². The second kappa shape index (κ2) is 11.8. The molecule has 5 nitrogen and oxygen atoms in total. The topological polar surface area (TPSA) is 86.5 Å². The monoisotopic (exact) mass is 471 g/mol. The van der Waals surface area contributed by atoms with Gasteiger partial charge in [-0.15, -0.1) is 0 Å². The van der Waals surface area contributed by atoms with Gasteiger partial charge in [0, 0.05) is 12.8 Å². The van der Waals surface area contributed by atoms with Gasteiger partial charge in [-0.2, -0.15) is 0 Å². The van der Waals surface area contributed by atoms with E-state index in [1.165, 1.54) is 36.8 Å². The van der Waals surface area contributed by atoms with Crippen LogP contribution in [0.4, 0.5) is 0 Å². The van der Waals surface area contributed by atoms with Gasteiger partial charge in [-0.3, -0.25) is 4.79 Å². The van der Waals surface area contributed by atoms with Gasteiger partial charge >= 0.3 is 0 Å².